The lowest BCUT2D eigenvalue weighted by Crippen LogP contribution is -2.35. The Morgan fingerprint density at radius 3 is 2.53 bits per heavy atom. The Bertz CT molecular complexity index is 344. The minimum atomic E-state index is 0.419. The highest BCUT2D eigenvalue weighted by Crippen LogP contribution is 2.20. The van der Waals surface area contributed by atoms with Crippen molar-refractivity contribution in [2.45, 2.75) is 45.8 Å². The maximum Gasteiger partial charge on any atom is 0.0544 e. The summed E-state index contributed by atoms with van der Waals surface area (Å²) in [6, 6.07) is 10.8. The molecule has 2 heteroatoms. The Morgan fingerprint density at radius 1 is 1.21 bits per heavy atom. The van der Waals surface area contributed by atoms with Crippen LogP contribution in [0.1, 0.15) is 38.7 Å². The maximum atomic E-state index is 5.87. The smallest absolute Gasteiger partial charge is 0.0544 e. The maximum absolute atomic E-state index is 5.87. The van der Waals surface area contributed by atoms with E-state index in [2.05, 4.69) is 49.1 Å². The number of nitrogens with zero attached hydrogens (tertiary/aromatic N) is 1. The van der Waals surface area contributed by atoms with E-state index in [9.17, 15) is 0 Å². The molecule has 19 heavy (non-hydrogen) atoms. The number of ether oxygens (including phenoxy) is 1. The molecular formula is C17H27NO. The van der Waals surface area contributed by atoms with Gasteiger partial charge in [-0.15, -0.1) is 0 Å². The zero-order valence-corrected chi connectivity index (χ0v) is 12.3. The summed E-state index contributed by atoms with van der Waals surface area (Å²) in [6.07, 6.45) is 4.10. The molecule has 1 heterocycles. The molecule has 0 aliphatic carbocycles. The molecule has 2 rings (SSSR count). The van der Waals surface area contributed by atoms with Crippen LogP contribution in [0.5, 0.6) is 0 Å². The molecule has 1 fully saturated rings. The summed E-state index contributed by atoms with van der Waals surface area (Å²) in [5.41, 5.74) is 1.43. The topological polar surface area (TPSA) is 12.5 Å². The van der Waals surface area contributed by atoms with Gasteiger partial charge in [0.25, 0.3) is 0 Å². The van der Waals surface area contributed by atoms with Crippen molar-refractivity contribution in [3.63, 3.8) is 0 Å². The van der Waals surface area contributed by atoms with Gasteiger partial charge in [0, 0.05) is 13.2 Å². The molecule has 1 aromatic rings. The van der Waals surface area contributed by atoms with Crippen LogP contribution in [0.25, 0.3) is 0 Å². The molecule has 1 saturated heterocycles. The molecular weight excluding hydrogens is 234 g/mol. The van der Waals surface area contributed by atoms with Crippen LogP contribution in [0.2, 0.25) is 0 Å². The molecule has 0 saturated carbocycles. The van der Waals surface area contributed by atoms with Gasteiger partial charge in [-0.1, -0.05) is 37.3 Å². The molecule has 0 aromatic heterocycles. The fourth-order valence-corrected chi connectivity index (χ4v) is 2.57. The van der Waals surface area contributed by atoms with Gasteiger partial charge in [0.2, 0.25) is 0 Å². The lowest BCUT2D eigenvalue weighted by molar-refractivity contribution is 0.0193. The van der Waals surface area contributed by atoms with E-state index in [4.69, 9.17) is 4.74 Å². The van der Waals surface area contributed by atoms with Crippen LogP contribution in [0.3, 0.4) is 0 Å². The Kier molecular flexibility index (Phi) is 5.87. The number of piperidine rings is 1. The van der Waals surface area contributed by atoms with Crippen LogP contribution in [0.15, 0.2) is 30.3 Å². The molecule has 0 N–H and O–H groups in total. The standard InChI is InChI=1S/C17H27NO/c1-3-15(2)19-14-17-9-11-18(12-10-17)13-16-7-5-4-6-8-16/h4-8,15,17H,3,9-14H2,1-2H3. The van der Waals surface area contributed by atoms with Crippen molar-refractivity contribution < 1.29 is 4.74 Å². The normalized spacial score (nSPS) is 19.5. The van der Waals surface area contributed by atoms with Crippen LogP contribution in [-0.4, -0.2) is 30.7 Å². The number of rotatable bonds is 6. The van der Waals surface area contributed by atoms with E-state index in [0.29, 0.717) is 6.10 Å². The largest absolute Gasteiger partial charge is 0.378 e. The predicted molar refractivity (Wildman–Crippen MR) is 80.1 cm³/mol. The van der Waals surface area contributed by atoms with Crippen molar-refractivity contribution in [1.82, 2.24) is 4.90 Å². The average Bonchev–Trinajstić information content (AvgIpc) is 2.47. The molecule has 1 aromatic carbocycles. The SMILES string of the molecule is CCC(C)OCC1CCN(Cc2ccccc2)CC1. The van der Waals surface area contributed by atoms with E-state index >= 15 is 0 Å². The van der Waals surface area contributed by atoms with E-state index < -0.39 is 0 Å². The first-order chi connectivity index (χ1) is 9.28. The minimum absolute atomic E-state index is 0.419. The van der Waals surface area contributed by atoms with Crippen LogP contribution in [0.4, 0.5) is 0 Å². The van der Waals surface area contributed by atoms with Crippen molar-refractivity contribution in [2.24, 2.45) is 5.92 Å². The zero-order valence-electron chi connectivity index (χ0n) is 12.3. The first-order valence-corrected chi connectivity index (χ1v) is 7.65. The quantitative estimate of drug-likeness (QED) is 0.774. The minimum Gasteiger partial charge on any atom is -0.378 e. The van der Waals surface area contributed by atoms with Crippen LogP contribution >= 0.6 is 0 Å². The van der Waals surface area contributed by atoms with Crippen molar-refractivity contribution in [3.05, 3.63) is 35.9 Å². The van der Waals surface area contributed by atoms with Gasteiger partial charge in [-0.25, -0.2) is 0 Å². The van der Waals surface area contributed by atoms with Gasteiger partial charge < -0.3 is 4.74 Å². The highest BCUT2D eigenvalue weighted by atomic mass is 16.5. The monoisotopic (exact) mass is 261 g/mol. The second-order valence-corrected chi connectivity index (χ2v) is 5.76. The molecule has 2 nitrogen and oxygen atoms in total. The van der Waals surface area contributed by atoms with Crippen molar-refractivity contribution in [3.8, 4) is 0 Å². The molecule has 0 radical (unpaired) electrons. The van der Waals surface area contributed by atoms with Crippen LogP contribution in [-0.2, 0) is 11.3 Å². The second kappa shape index (κ2) is 7.66. The van der Waals surface area contributed by atoms with E-state index in [-0.39, 0.29) is 0 Å². The molecule has 1 aliphatic heterocycles. The number of hydrogen-bond donors (Lipinski definition) is 0. The van der Waals surface area contributed by atoms with Crippen molar-refractivity contribution >= 4 is 0 Å². The fourth-order valence-electron chi connectivity index (χ4n) is 2.57. The first kappa shape index (κ1) is 14.5. The molecule has 0 amide bonds. The second-order valence-electron chi connectivity index (χ2n) is 5.76. The van der Waals surface area contributed by atoms with Gasteiger partial charge in [-0.05, 0) is 50.8 Å². The number of likely N-dealkylation sites (tertiary alicyclic amines) is 1. The summed E-state index contributed by atoms with van der Waals surface area (Å²) in [5, 5.41) is 0. The summed E-state index contributed by atoms with van der Waals surface area (Å²) < 4.78 is 5.87. The van der Waals surface area contributed by atoms with Gasteiger partial charge in [-0.3, -0.25) is 4.90 Å². The third kappa shape index (κ3) is 4.96. The highest BCUT2D eigenvalue weighted by molar-refractivity contribution is 5.14. The average molecular weight is 261 g/mol. The summed E-state index contributed by atoms with van der Waals surface area (Å²) in [6.45, 7) is 8.83. The van der Waals surface area contributed by atoms with Crippen molar-refractivity contribution in [2.75, 3.05) is 19.7 Å². The molecule has 1 aliphatic rings. The number of benzene rings is 1. The van der Waals surface area contributed by atoms with E-state index in [1.807, 2.05) is 0 Å². The Hall–Kier alpha value is -0.860. The number of hydrogen-bond acceptors (Lipinski definition) is 2. The third-order valence-electron chi connectivity index (χ3n) is 4.15. The Balaban J connectivity index is 1.68. The van der Waals surface area contributed by atoms with Crippen LogP contribution < -0.4 is 0 Å². The lowest BCUT2D eigenvalue weighted by atomic mass is 9.97. The van der Waals surface area contributed by atoms with Gasteiger partial charge in [0.15, 0.2) is 0 Å². The summed E-state index contributed by atoms with van der Waals surface area (Å²) in [5.74, 6) is 0.765. The third-order valence-corrected chi connectivity index (χ3v) is 4.15. The molecule has 0 spiro atoms. The van der Waals surface area contributed by atoms with Gasteiger partial charge in [0.1, 0.15) is 0 Å². The van der Waals surface area contributed by atoms with E-state index in [1.54, 1.807) is 0 Å². The van der Waals surface area contributed by atoms with Gasteiger partial charge in [-0.2, -0.15) is 0 Å². The zero-order chi connectivity index (χ0) is 13.5. The van der Waals surface area contributed by atoms with E-state index in [1.165, 1.54) is 31.5 Å². The summed E-state index contributed by atoms with van der Waals surface area (Å²) >= 11 is 0. The first-order valence-electron chi connectivity index (χ1n) is 7.65. The van der Waals surface area contributed by atoms with Gasteiger partial charge >= 0.3 is 0 Å². The van der Waals surface area contributed by atoms with Gasteiger partial charge in [0.05, 0.1) is 6.10 Å². The summed E-state index contributed by atoms with van der Waals surface area (Å²) in [7, 11) is 0. The highest BCUT2D eigenvalue weighted by Gasteiger charge is 2.19. The molecule has 0 bridgehead atoms. The predicted octanol–water partition coefficient (Wildman–Crippen LogP) is 3.71. The van der Waals surface area contributed by atoms with Crippen LogP contribution in [0, 0.1) is 5.92 Å². The Morgan fingerprint density at radius 2 is 1.89 bits per heavy atom. The van der Waals surface area contributed by atoms with Crippen molar-refractivity contribution in [1.29, 1.82) is 0 Å². The van der Waals surface area contributed by atoms with E-state index in [0.717, 1.165) is 25.5 Å². The Labute approximate surface area is 117 Å². The molecule has 1 atom stereocenters. The molecule has 106 valence electrons. The summed E-state index contributed by atoms with van der Waals surface area (Å²) in [4.78, 5) is 2.56. The lowest BCUT2D eigenvalue weighted by Gasteiger charge is -2.32. The molecule has 1 unspecified atom stereocenters. The fraction of sp³-hybridized carbons (Fsp3) is 0.647.